The molecule has 25 heavy (non-hydrogen) atoms. The van der Waals surface area contributed by atoms with Crippen molar-refractivity contribution in [3.8, 4) is 6.07 Å². The third-order valence-electron chi connectivity index (χ3n) is 3.74. The highest BCUT2D eigenvalue weighted by Gasteiger charge is 2.09. The van der Waals surface area contributed by atoms with Gasteiger partial charge in [-0.3, -0.25) is 4.79 Å². The fraction of sp³-hybridized carbons (Fsp3) is 0.200. The van der Waals surface area contributed by atoms with E-state index in [1.54, 1.807) is 0 Å². The number of nitrogens with zero attached hydrogens (tertiary/aromatic N) is 1. The van der Waals surface area contributed by atoms with Crippen LogP contribution in [0.1, 0.15) is 30.9 Å². The van der Waals surface area contributed by atoms with Crippen LogP contribution in [0, 0.1) is 18.3 Å². The molecular weight excluding hydrogens is 378 g/mol. The summed E-state index contributed by atoms with van der Waals surface area (Å²) >= 11 is 3.44. The molecular formula is C20H20BrN3O. The van der Waals surface area contributed by atoms with Crippen LogP contribution in [0.4, 0.5) is 11.4 Å². The molecule has 0 saturated carbocycles. The zero-order valence-electron chi connectivity index (χ0n) is 14.4. The normalized spacial score (nSPS) is 11.1. The average molecular weight is 398 g/mol. The van der Waals surface area contributed by atoms with E-state index in [1.807, 2.05) is 55.5 Å². The molecule has 0 unspecified atom stereocenters. The molecule has 2 N–H and O–H groups in total. The zero-order chi connectivity index (χ0) is 18.4. The van der Waals surface area contributed by atoms with Crippen molar-refractivity contribution < 1.29 is 4.79 Å². The smallest absolute Gasteiger partial charge is 0.267 e. The molecule has 0 spiro atoms. The number of anilines is 2. The highest BCUT2D eigenvalue weighted by molar-refractivity contribution is 9.10. The van der Waals surface area contributed by atoms with E-state index >= 15 is 0 Å². The summed E-state index contributed by atoms with van der Waals surface area (Å²) in [5, 5.41) is 15.0. The second-order valence-electron chi connectivity index (χ2n) is 6.01. The van der Waals surface area contributed by atoms with Gasteiger partial charge in [0.1, 0.15) is 11.6 Å². The third kappa shape index (κ3) is 5.20. The molecule has 0 fully saturated rings. The van der Waals surface area contributed by atoms with E-state index in [0.717, 1.165) is 15.7 Å². The predicted octanol–water partition coefficient (Wildman–Crippen LogP) is 5.34. The molecule has 0 aliphatic rings. The Balaban J connectivity index is 2.07. The predicted molar refractivity (Wildman–Crippen MR) is 105 cm³/mol. The monoisotopic (exact) mass is 397 g/mol. The van der Waals surface area contributed by atoms with Crippen LogP contribution in [-0.4, -0.2) is 5.91 Å². The minimum Gasteiger partial charge on any atom is -0.360 e. The number of hydrogen-bond donors (Lipinski definition) is 2. The second-order valence-corrected chi connectivity index (χ2v) is 6.86. The van der Waals surface area contributed by atoms with Crippen molar-refractivity contribution in [1.82, 2.24) is 0 Å². The van der Waals surface area contributed by atoms with Crippen molar-refractivity contribution in [1.29, 1.82) is 5.26 Å². The maximum atomic E-state index is 12.3. The van der Waals surface area contributed by atoms with Gasteiger partial charge in [-0.05, 0) is 54.3 Å². The van der Waals surface area contributed by atoms with Gasteiger partial charge >= 0.3 is 0 Å². The molecule has 0 heterocycles. The van der Waals surface area contributed by atoms with Crippen molar-refractivity contribution in [3.63, 3.8) is 0 Å². The van der Waals surface area contributed by atoms with Crippen molar-refractivity contribution in [3.05, 3.63) is 69.8 Å². The van der Waals surface area contributed by atoms with Gasteiger partial charge in [0.2, 0.25) is 0 Å². The lowest BCUT2D eigenvalue weighted by Gasteiger charge is -2.08. The summed E-state index contributed by atoms with van der Waals surface area (Å²) in [6.07, 6.45) is 1.42. The first kappa shape index (κ1) is 18.8. The van der Waals surface area contributed by atoms with Crippen LogP contribution < -0.4 is 10.6 Å². The number of aryl methyl sites for hydroxylation is 1. The van der Waals surface area contributed by atoms with Gasteiger partial charge in [0.15, 0.2) is 0 Å². The standard InChI is InChI=1S/C20H20BrN3O/c1-13(2)15-4-6-17(7-5-15)24-20(25)16(11-22)12-23-18-8-9-19(21)14(3)10-18/h4-10,12-13,23H,1-3H3,(H,24,25)/b16-12-. The summed E-state index contributed by atoms with van der Waals surface area (Å²) in [6, 6.07) is 15.3. The Labute approximate surface area is 156 Å². The van der Waals surface area contributed by atoms with Gasteiger partial charge in [0, 0.05) is 22.0 Å². The summed E-state index contributed by atoms with van der Waals surface area (Å²) in [4.78, 5) is 12.3. The Morgan fingerprint density at radius 2 is 1.80 bits per heavy atom. The number of rotatable bonds is 5. The van der Waals surface area contributed by atoms with E-state index < -0.39 is 5.91 Å². The average Bonchev–Trinajstić information content (AvgIpc) is 2.59. The molecule has 1 amide bonds. The number of carbonyl (C=O) groups excluding carboxylic acids is 1. The minimum absolute atomic E-state index is 0.00788. The molecule has 0 bridgehead atoms. The molecule has 2 aromatic carbocycles. The van der Waals surface area contributed by atoms with Gasteiger partial charge in [0.05, 0.1) is 0 Å². The first-order valence-corrected chi connectivity index (χ1v) is 8.74. The molecule has 0 aliphatic carbocycles. The lowest BCUT2D eigenvalue weighted by molar-refractivity contribution is -0.112. The highest BCUT2D eigenvalue weighted by Crippen LogP contribution is 2.20. The molecule has 0 aromatic heterocycles. The number of nitrogens with one attached hydrogen (secondary N) is 2. The van der Waals surface area contributed by atoms with Gasteiger partial charge in [-0.1, -0.05) is 41.9 Å². The fourth-order valence-electron chi connectivity index (χ4n) is 2.19. The van der Waals surface area contributed by atoms with E-state index in [-0.39, 0.29) is 5.57 Å². The lowest BCUT2D eigenvalue weighted by Crippen LogP contribution is -2.14. The summed E-state index contributed by atoms with van der Waals surface area (Å²) in [7, 11) is 0. The van der Waals surface area contributed by atoms with Crippen LogP contribution in [-0.2, 0) is 4.79 Å². The molecule has 128 valence electrons. The molecule has 2 rings (SSSR count). The van der Waals surface area contributed by atoms with Crippen molar-refractivity contribution in [2.45, 2.75) is 26.7 Å². The van der Waals surface area contributed by atoms with Gasteiger partial charge in [-0.25, -0.2) is 0 Å². The van der Waals surface area contributed by atoms with Crippen molar-refractivity contribution in [2.75, 3.05) is 10.6 Å². The van der Waals surface area contributed by atoms with Gasteiger partial charge in [-0.2, -0.15) is 5.26 Å². The molecule has 2 aromatic rings. The van der Waals surface area contributed by atoms with Crippen LogP contribution in [0.25, 0.3) is 0 Å². The fourth-order valence-corrected chi connectivity index (χ4v) is 2.43. The van der Waals surface area contributed by atoms with Gasteiger partial charge in [0.25, 0.3) is 5.91 Å². The summed E-state index contributed by atoms with van der Waals surface area (Å²) in [6.45, 7) is 6.19. The van der Waals surface area contributed by atoms with Crippen LogP contribution in [0.5, 0.6) is 0 Å². The van der Waals surface area contributed by atoms with E-state index in [0.29, 0.717) is 11.6 Å². The Morgan fingerprint density at radius 1 is 1.16 bits per heavy atom. The van der Waals surface area contributed by atoms with Crippen LogP contribution in [0.3, 0.4) is 0 Å². The highest BCUT2D eigenvalue weighted by atomic mass is 79.9. The largest absolute Gasteiger partial charge is 0.360 e. The van der Waals surface area contributed by atoms with E-state index in [1.165, 1.54) is 11.8 Å². The van der Waals surface area contributed by atoms with Crippen LogP contribution in [0.2, 0.25) is 0 Å². The molecule has 5 heteroatoms. The second kappa shape index (κ2) is 8.50. The first-order valence-electron chi connectivity index (χ1n) is 7.95. The SMILES string of the molecule is Cc1cc(N/C=C(/C#N)C(=O)Nc2ccc(C(C)C)cc2)ccc1Br. The number of nitriles is 1. The number of carbonyl (C=O) groups is 1. The zero-order valence-corrected chi connectivity index (χ0v) is 16.0. The van der Waals surface area contributed by atoms with Crippen molar-refractivity contribution >= 4 is 33.2 Å². The quantitative estimate of drug-likeness (QED) is 0.528. The van der Waals surface area contributed by atoms with E-state index in [2.05, 4.69) is 40.4 Å². The minimum atomic E-state index is -0.443. The molecule has 0 atom stereocenters. The summed E-state index contributed by atoms with van der Waals surface area (Å²) < 4.78 is 1.00. The van der Waals surface area contributed by atoms with Crippen LogP contribution in [0.15, 0.2) is 58.7 Å². The number of halogens is 1. The summed E-state index contributed by atoms with van der Waals surface area (Å²) in [5.41, 5.74) is 3.74. The Morgan fingerprint density at radius 3 is 2.36 bits per heavy atom. The Kier molecular flexibility index (Phi) is 6.37. The first-order chi connectivity index (χ1) is 11.9. The van der Waals surface area contributed by atoms with Gasteiger partial charge < -0.3 is 10.6 Å². The molecule has 0 aliphatic heterocycles. The van der Waals surface area contributed by atoms with Crippen LogP contribution >= 0.6 is 15.9 Å². The Bertz CT molecular complexity index is 833. The maximum absolute atomic E-state index is 12.3. The van der Waals surface area contributed by atoms with E-state index in [4.69, 9.17) is 0 Å². The number of hydrogen-bond acceptors (Lipinski definition) is 3. The lowest BCUT2D eigenvalue weighted by atomic mass is 10.0. The number of amides is 1. The molecule has 0 saturated heterocycles. The Hall–Kier alpha value is -2.58. The number of benzene rings is 2. The molecule has 4 nitrogen and oxygen atoms in total. The maximum Gasteiger partial charge on any atom is 0.267 e. The topological polar surface area (TPSA) is 64.9 Å². The summed E-state index contributed by atoms with van der Waals surface area (Å²) in [5.74, 6) is -0.0148. The third-order valence-corrected chi connectivity index (χ3v) is 4.63. The van der Waals surface area contributed by atoms with Crippen molar-refractivity contribution in [2.24, 2.45) is 0 Å². The molecule has 0 radical (unpaired) electrons. The van der Waals surface area contributed by atoms with Gasteiger partial charge in [-0.15, -0.1) is 0 Å². The van der Waals surface area contributed by atoms with E-state index in [9.17, 15) is 10.1 Å².